The highest BCUT2D eigenvalue weighted by atomic mass is 32.1. The molecule has 3 aliphatic heterocycles. The number of carbonyl (C=O) groups excluding carboxylic acids is 5. The summed E-state index contributed by atoms with van der Waals surface area (Å²) >= 11 is 1.56. The average molecular weight is 1210 g/mol. The smallest absolute Gasteiger partial charge is 0.407 e. The lowest BCUT2D eigenvalue weighted by Crippen LogP contribution is -2.57. The van der Waals surface area contributed by atoms with Crippen LogP contribution in [-0.4, -0.2) is 176 Å². The molecular weight excluding hydrogens is 1130 g/mol. The first-order chi connectivity index (χ1) is 41.4. The third kappa shape index (κ3) is 17.1. The second-order valence-corrected chi connectivity index (χ2v) is 23.6. The topological polar surface area (TPSA) is 251 Å². The maximum absolute atomic E-state index is 14.0. The summed E-state index contributed by atoms with van der Waals surface area (Å²) in [5.74, 6) is -2.25. The Labute approximate surface area is 502 Å². The van der Waals surface area contributed by atoms with Gasteiger partial charge in [-0.25, -0.2) is 18.6 Å². The number of aliphatic hydroxyl groups excluding tert-OH is 1. The fraction of sp³-hybridized carbons (Fsp3) is 0.468. The number of nitrogens with one attached hydrogen (secondary N) is 5. The highest BCUT2D eigenvalue weighted by Gasteiger charge is 2.45. The molecule has 3 aliphatic rings. The molecule has 3 atom stereocenters. The third-order valence-electron chi connectivity index (χ3n) is 15.3. The molecule has 2 aromatic heterocycles. The van der Waals surface area contributed by atoms with E-state index in [1.54, 1.807) is 43.7 Å². The van der Waals surface area contributed by atoms with Gasteiger partial charge in [-0.15, -0.1) is 11.3 Å². The molecule has 0 radical (unpaired) electrons. The largest absolute Gasteiger partial charge is 0.447 e. The lowest BCUT2D eigenvalue weighted by Gasteiger charge is -2.36. The number of anilines is 3. The molecule has 9 rings (SSSR count). The number of halogens is 2. The number of fused-ring (bicyclic) bond motifs is 1. The van der Waals surface area contributed by atoms with E-state index in [0.29, 0.717) is 72.9 Å². The summed E-state index contributed by atoms with van der Waals surface area (Å²) in [6, 6.07) is 20.5. The number of aryl methyl sites for hydroxylation is 1. The van der Waals surface area contributed by atoms with Crippen molar-refractivity contribution in [2.45, 2.75) is 90.6 Å². The van der Waals surface area contributed by atoms with Crippen LogP contribution in [0.2, 0.25) is 0 Å². The van der Waals surface area contributed by atoms with Gasteiger partial charge in [-0.2, -0.15) is 5.10 Å². The molecule has 5 heterocycles. The number of nitrogens with zero attached hydrogens (tertiary/aromatic N) is 5. The number of aromatic amines is 1. The molecule has 3 fully saturated rings. The summed E-state index contributed by atoms with van der Waals surface area (Å²) in [6.45, 7) is 12.2. The fourth-order valence-electron chi connectivity index (χ4n) is 10.7. The maximum Gasteiger partial charge on any atom is 0.407 e. The Hall–Kier alpha value is -7.61. The molecule has 0 aliphatic carbocycles. The highest BCUT2D eigenvalue weighted by Crippen LogP contribution is 2.32. The predicted molar refractivity (Wildman–Crippen MR) is 321 cm³/mol. The van der Waals surface area contributed by atoms with Crippen molar-refractivity contribution < 1.29 is 61.5 Å². The lowest BCUT2D eigenvalue weighted by molar-refractivity contribution is -0.142. The van der Waals surface area contributed by atoms with E-state index in [9.17, 15) is 37.9 Å². The summed E-state index contributed by atoms with van der Waals surface area (Å²) in [5.41, 5.74) is 7.87. The Morgan fingerprint density at radius 2 is 1.51 bits per heavy atom. The van der Waals surface area contributed by atoms with Crippen LogP contribution < -0.4 is 26.2 Å². The van der Waals surface area contributed by atoms with Gasteiger partial charge in [-0.1, -0.05) is 51.1 Å². The van der Waals surface area contributed by atoms with Crippen molar-refractivity contribution in [2.75, 3.05) is 108 Å². The molecule has 24 heteroatoms. The number of β-amino-alcohol motifs (C(OH)–C–C–N with tert-alkyl or cyclic N) is 1. The van der Waals surface area contributed by atoms with Gasteiger partial charge in [0.25, 0.3) is 5.91 Å². The SMILES string of the molecule is Cc1ncsc1-c1ccc(CNC(=O)[C@@H]2C[C@@H](O)CN2C(=O)[C@@H](NC(=O)OCCOCCOCCOCCC(=O)N2CCN(c3ccc(C(=O)Nc4n[nH]c5ccc(Cc6cc(F)cc(F)c6)cc45)c(NC4CCOCC4)c3)CC2)C(C)(C)C)cc1. The van der Waals surface area contributed by atoms with E-state index < -0.39 is 53.1 Å². The molecule has 5 amide bonds. The molecule has 6 aromatic rings. The van der Waals surface area contributed by atoms with Crippen LogP contribution in [0.25, 0.3) is 21.3 Å². The summed E-state index contributed by atoms with van der Waals surface area (Å²) in [7, 11) is 0. The van der Waals surface area contributed by atoms with Gasteiger partial charge in [0.05, 0.1) is 79.3 Å². The van der Waals surface area contributed by atoms with E-state index in [0.717, 1.165) is 51.9 Å². The van der Waals surface area contributed by atoms with Gasteiger partial charge in [-0.05, 0) is 96.3 Å². The van der Waals surface area contributed by atoms with E-state index in [1.165, 1.54) is 17.0 Å². The van der Waals surface area contributed by atoms with E-state index >= 15 is 0 Å². The van der Waals surface area contributed by atoms with E-state index in [4.69, 9.17) is 23.7 Å². The van der Waals surface area contributed by atoms with Crippen molar-refractivity contribution in [2.24, 2.45) is 5.41 Å². The minimum absolute atomic E-state index is 0.0119. The molecule has 0 unspecified atom stereocenters. The molecule has 6 N–H and O–H groups in total. The third-order valence-corrected chi connectivity index (χ3v) is 16.3. The molecule has 4 aromatic carbocycles. The molecule has 460 valence electrons. The molecule has 0 saturated carbocycles. The number of thiazole rings is 1. The van der Waals surface area contributed by atoms with Gasteiger partial charge in [0, 0.05) is 87.8 Å². The molecular formula is C62H76F2N10O11S. The quantitative estimate of drug-likeness (QED) is 0.0310. The van der Waals surface area contributed by atoms with Crippen LogP contribution in [0.5, 0.6) is 0 Å². The van der Waals surface area contributed by atoms with E-state index in [-0.39, 0.29) is 96.5 Å². The summed E-state index contributed by atoms with van der Waals surface area (Å²) < 4.78 is 55.7. The van der Waals surface area contributed by atoms with Crippen LogP contribution in [-0.2, 0) is 51.0 Å². The number of hydrogen-bond donors (Lipinski definition) is 6. The highest BCUT2D eigenvalue weighted by molar-refractivity contribution is 7.13. The summed E-state index contributed by atoms with van der Waals surface area (Å²) in [5, 5.41) is 30.7. The Morgan fingerprint density at radius 1 is 0.826 bits per heavy atom. The van der Waals surface area contributed by atoms with Gasteiger partial charge in [0.1, 0.15) is 30.3 Å². The first-order valence-corrected chi connectivity index (χ1v) is 30.0. The normalized spacial score (nSPS) is 16.9. The standard InChI is InChI=1S/C62H76F2N10O11S/c1-39-55(86-38-66-39)43-8-5-40(6-9-43)36-65-59(78)53-35-48(75)37-74(53)60(79)56(62(2,3)4)68-61(80)85-28-27-84-26-25-83-24-23-82-22-15-54(76)73-18-16-72(17-19-73)47-10-11-49(52(34-47)67-46-13-20-81-21-14-46)58(77)69-57-50-32-41(7-12-51(50)70-71-57)29-42-30-44(63)33-45(64)31-42/h5-12,30-34,38,46,48,53,56,67,75H,13-29,35-37H2,1-4H3,(H,65,78)(H,68,80)(H2,69,70,71,77)/t48-,53+,56-/m1/s1. The number of alkyl carbamates (subject to hydrolysis) is 1. The zero-order valence-electron chi connectivity index (χ0n) is 49.0. The number of aliphatic hydroxyl groups is 1. The minimum Gasteiger partial charge on any atom is -0.447 e. The van der Waals surface area contributed by atoms with Crippen molar-refractivity contribution in [3.05, 3.63) is 124 Å². The number of carbonyl (C=O) groups is 5. The lowest BCUT2D eigenvalue weighted by atomic mass is 9.85. The molecule has 3 saturated heterocycles. The van der Waals surface area contributed by atoms with Crippen molar-refractivity contribution in [3.8, 4) is 10.4 Å². The van der Waals surface area contributed by atoms with Crippen molar-refractivity contribution in [1.82, 2.24) is 35.6 Å². The van der Waals surface area contributed by atoms with Crippen LogP contribution in [0, 0.1) is 24.0 Å². The summed E-state index contributed by atoms with van der Waals surface area (Å²) in [4.78, 5) is 78.4. The zero-order chi connectivity index (χ0) is 60.7. The van der Waals surface area contributed by atoms with Gasteiger partial charge >= 0.3 is 6.09 Å². The molecule has 0 bridgehead atoms. The first-order valence-electron chi connectivity index (χ1n) is 29.1. The number of benzene rings is 4. The molecule has 21 nitrogen and oxygen atoms in total. The molecule has 86 heavy (non-hydrogen) atoms. The second kappa shape index (κ2) is 29.7. The monoisotopic (exact) mass is 1210 g/mol. The number of ether oxygens (including phenoxy) is 5. The van der Waals surface area contributed by atoms with Crippen LogP contribution in [0.1, 0.15) is 79.2 Å². The Balaban J connectivity index is 0.644. The van der Waals surface area contributed by atoms with Crippen molar-refractivity contribution >= 4 is 69.2 Å². The van der Waals surface area contributed by atoms with Crippen molar-refractivity contribution in [3.63, 3.8) is 0 Å². The Bertz CT molecular complexity index is 3270. The van der Waals surface area contributed by atoms with Crippen molar-refractivity contribution in [1.29, 1.82) is 0 Å². The predicted octanol–water partition coefficient (Wildman–Crippen LogP) is 7.21. The number of H-pyrrole nitrogens is 1. The Kier molecular flexibility index (Phi) is 21.7. The molecule has 0 spiro atoms. The Morgan fingerprint density at radius 3 is 2.20 bits per heavy atom. The second-order valence-electron chi connectivity index (χ2n) is 22.7. The first kappa shape index (κ1) is 62.9. The average Bonchev–Trinajstić information content (AvgIpc) is 2.17. The van der Waals surface area contributed by atoms with E-state index in [2.05, 4.69) is 41.3 Å². The van der Waals surface area contributed by atoms with Gasteiger partial charge < -0.3 is 64.8 Å². The number of hydrogen-bond acceptors (Lipinski definition) is 16. The summed E-state index contributed by atoms with van der Waals surface area (Å²) in [6.07, 6.45) is 0.396. The fourth-order valence-corrected chi connectivity index (χ4v) is 11.5. The van der Waals surface area contributed by atoms with Crippen LogP contribution in [0.15, 0.2) is 84.4 Å². The minimum atomic E-state index is -1.06. The van der Waals surface area contributed by atoms with Crippen LogP contribution in [0.3, 0.4) is 0 Å². The zero-order valence-corrected chi connectivity index (χ0v) is 49.8. The number of likely N-dealkylation sites (tertiary alicyclic amines) is 1. The number of rotatable bonds is 25. The van der Waals surface area contributed by atoms with Gasteiger partial charge in [0.15, 0.2) is 5.82 Å². The van der Waals surface area contributed by atoms with E-state index in [1.807, 2.05) is 66.4 Å². The van der Waals surface area contributed by atoms with Crippen LogP contribution in [0.4, 0.5) is 30.8 Å². The number of amides is 5. The maximum atomic E-state index is 14.0. The number of aromatic nitrogens is 3. The van der Waals surface area contributed by atoms with Gasteiger partial charge in [0.2, 0.25) is 17.7 Å². The van der Waals surface area contributed by atoms with Gasteiger partial charge in [-0.3, -0.25) is 24.3 Å². The number of piperazine rings is 1. The van der Waals surface area contributed by atoms with Crippen LogP contribution >= 0.6 is 11.3 Å².